The van der Waals surface area contributed by atoms with Crippen LogP contribution in [0.15, 0.2) is 33.4 Å². The highest BCUT2D eigenvalue weighted by atomic mass is 35.5. The molecule has 2 unspecified atom stereocenters. The second kappa shape index (κ2) is 13.1. The molecule has 18 heteroatoms. The molecule has 2 saturated heterocycles. The highest BCUT2D eigenvalue weighted by Gasteiger charge is 2.58. The summed E-state index contributed by atoms with van der Waals surface area (Å²) < 4.78 is 11.3. The maximum Gasteiger partial charge on any atom is 0.322 e. The highest BCUT2D eigenvalue weighted by molar-refractivity contribution is 8.06. The van der Waals surface area contributed by atoms with E-state index in [0.717, 1.165) is 21.1 Å². The summed E-state index contributed by atoms with van der Waals surface area (Å²) in [6.45, 7) is 0.574. The molecule has 4 atom stereocenters. The van der Waals surface area contributed by atoms with Gasteiger partial charge in [0.25, 0.3) is 5.91 Å². The molecule has 2 aromatic heterocycles. The fraction of sp³-hybridized carbons (Fsp3) is 0.455. The summed E-state index contributed by atoms with van der Waals surface area (Å²) in [6, 6.07) is 0.741. The van der Waals surface area contributed by atoms with Gasteiger partial charge in [-0.15, -0.1) is 35.3 Å². The van der Waals surface area contributed by atoms with Gasteiger partial charge in [-0.1, -0.05) is 28.1 Å². The number of thioether (sulfide) groups is 3. The van der Waals surface area contributed by atoms with E-state index < -0.39 is 47.2 Å². The van der Waals surface area contributed by atoms with Crippen molar-refractivity contribution in [2.75, 3.05) is 37.1 Å². The van der Waals surface area contributed by atoms with Crippen LogP contribution >= 0.6 is 58.2 Å². The van der Waals surface area contributed by atoms with Gasteiger partial charge in [0.2, 0.25) is 5.91 Å². The van der Waals surface area contributed by atoms with Crippen LogP contribution in [0.5, 0.6) is 0 Å². The summed E-state index contributed by atoms with van der Waals surface area (Å²) in [5.41, 5.74) is 11.1. The SMILES string of the molecule is CC(N)CSc1cnccc1SC1(C(=O)O)CS[C@@H]2[C@H](NC(=O)C(=NOCCF)c3nc(N)sc3Cl)C(=O)N2C1. The molecule has 216 valence electrons. The molecule has 2 aliphatic heterocycles. The zero-order chi connectivity index (χ0) is 29.0. The van der Waals surface area contributed by atoms with Gasteiger partial charge in [0.05, 0.1) is 0 Å². The van der Waals surface area contributed by atoms with Crippen molar-refractivity contribution in [3.8, 4) is 0 Å². The summed E-state index contributed by atoms with van der Waals surface area (Å²) in [5, 5.41) is 16.1. The van der Waals surface area contributed by atoms with Gasteiger partial charge < -0.3 is 31.6 Å². The molecule has 0 radical (unpaired) electrons. The first kappa shape index (κ1) is 30.6. The number of aliphatic carboxylic acids is 1. The number of pyridine rings is 1. The van der Waals surface area contributed by atoms with Gasteiger partial charge in [-0.25, -0.2) is 9.37 Å². The number of oxime groups is 1. The maximum absolute atomic E-state index is 13.1. The van der Waals surface area contributed by atoms with E-state index in [0.29, 0.717) is 5.75 Å². The van der Waals surface area contributed by atoms with Gasteiger partial charge in [0.15, 0.2) is 10.8 Å². The van der Waals surface area contributed by atoms with E-state index in [-0.39, 0.29) is 39.2 Å². The summed E-state index contributed by atoms with van der Waals surface area (Å²) >= 11 is 10.9. The number of carbonyl (C=O) groups is 3. The summed E-state index contributed by atoms with van der Waals surface area (Å²) in [7, 11) is 0. The van der Waals surface area contributed by atoms with Gasteiger partial charge in [0.1, 0.15) is 39.5 Å². The zero-order valence-electron chi connectivity index (χ0n) is 20.9. The number of amides is 2. The Balaban J connectivity index is 1.48. The van der Waals surface area contributed by atoms with Crippen LogP contribution in [0.2, 0.25) is 4.34 Å². The smallest absolute Gasteiger partial charge is 0.322 e. The number of aromatic nitrogens is 2. The number of fused-ring (bicyclic) bond motifs is 1. The van der Waals surface area contributed by atoms with E-state index >= 15 is 0 Å². The molecule has 2 fully saturated rings. The van der Waals surface area contributed by atoms with Crippen molar-refractivity contribution in [1.29, 1.82) is 0 Å². The molecular weight excluding hydrogens is 625 g/mol. The first-order valence-corrected chi connectivity index (χ1v) is 15.8. The lowest BCUT2D eigenvalue weighted by Gasteiger charge is -2.53. The molecule has 40 heavy (non-hydrogen) atoms. The summed E-state index contributed by atoms with van der Waals surface area (Å²) in [4.78, 5) is 54.7. The summed E-state index contributed by atoms with van der Waals surface area (Å²) in [6.07, 6.45) is 3.26. The molecule has 4 heterocycles. The Morgan fingerprint density at radius 2 is 2.25 bits per heavy atom. The number of carbonyl (C=O) groups excluding carboxylic acids is 2. The third kappa shape index (κ3) is 6.60. The number of hydrogen-bond acceptors (Lipinski definition) is 13. The average Bonchev–Trinajstić information content (AvgIpc) is 3.25. The third-order valence-corrected chi connectivity index (χ3v) is 11.3. The number of hydrogen-bond donors (Lipinski definition) is 4. The van der Waals surface area contributed by atoms with E-state index in [1.165, 1.54) is 40.2 Å². The Morgan fingerprint density at radius 1 is 1.48 bits per heavy atom. The minimum absolute atomic E-state index is 0.0574. The Hall–Kier alpha value is -2.31. The van der Waals surface area contributed by atoms with Crippen LogP contribution in [0, 0.1) is 0 Å². The molecule has 0 bridgehead atoms. The molecule has 0 saturated carbocycles. The molecule has 2 aliphatic rings. The number of alkyl halides is 1. The number of β-lactam (4-membered cyclic amide) rings is 1. The van der Waals surface area contributed by atoms with E-state index in [2.05, 4.69) is 20.4 Å². The van der Waals surface area contributed by atoms with Crippen molar-refractivity contribution < 1.29 is 28.7 Å². The number of rotatable bonds is 12. The third-order valence-electron chi connectivity index (χ3n) is 5.65. The van der Waals surface area contributed by atoms with E-state index in [9.17, 15) is 23.9 Å². The number of carboxylic acids is 1. The second-order valence-electron chi connectivity index (χ2n) is 8.77. The Kier molecular flexibility index (Phi) is 10.0. The quantitative estimate of drug-likeness (QED) is 0.0862. The fourth-order valence-corrected chi connectivity index (χ4v) is 8.63. The fourth-order valence-electron chi connectivity index (χ4n) is 3.79. The minimum Gasteiger partial charge on any atom is -0.480 e. The lowest BCUT2D eigenvalue weighted by Crippen LogP contribution is -2.74. The van der Waals surface area contributed by atoms with Crippen molar-refractivity contribution >= 4 is 86.9 Å². The van der Waals surface area contributed by atoms with Crippen molar-refractivity contribution in [1.82, 2.24) is 20.2 Å². The number of carboxylic acid groups (broad SMARTS) is 1. The largest absolute Gasteiger partial charge is 0.480 e. The average molecular weight is 650 g/mol. The van der Waals surface area contributed by atoms with Crippen molar-refractivity contribution in [3.05, 3.63) is 28.5 Å². The van der Waals surface area contributed by atoms with Crippen LogP contribution < -0.4 is 16.8 Å². The minimum atomic E-state index is -1.32. The number of nitrogens with zero attached hydrogens (tertiary/aromatic N) is 4. The highest BCUT2D eigenvalue weighted by Crippen LogP contribution is 2.48. The number of nitrogens with two attached hydrogens (primary N) is 2. The van der Waals surface area contributed by atoms with Crippen LogP contribution in [-0.4, -0.2) is 97.0 Å². The van der Waals surface area contributed by atoms with Crippen LogP contribution in [0.3, 0.4) is 0 Å². The number of anilines is 1. The first-order valence-electron chi connectivity index (χ1n) is 11.7. The van der Waals surface area contributed by atoms with Crippen LogP contribution in [0.25, 0.3) is 0 Å². The van der Waals surface area contributed by atoms with Crippen LogP contribution in [0.4, 0.5) is 9.52 Å². The molecule has 0 aliphatic carbocycles. The molecule has 4 rings (SSSR count). The molecular formula is C22H25ClFN7O5S4. The second-order valence-corrected chi connectivity index (χ2v) is 14.0. The standard InChI is InChI=1S/C22H25ClFN7O5S4/c1-10(25)7-37-12-6-27-4-2-11(12)40-22(20(34)35)8-31-18(33)15(19(31)38-9-22)28-17(32)14(30-36-5-3-24)13-16(23)39-21(26)29-13/h2,4,6,10,15,19H,3,5,7-9,25H2,1H3,(H2,26,29)(H,28,32)(H,34,35)/t10?,15-,19-,22?/m1/s1. The van der Waals surface area contributed by atoms with Crippen LogP contribution in [0.1, 0.15) is 12.6 Å². The Bertz CT molecular complexity index is 1320. The van der Waals surface area contributed by atoms with Crippen LogP contribution in [-0.2, 0) is 19.2 Å². The Morgan fingerprint density at radius 3 is 2.90 bits per heavy atom. The van der Waals surface area contributed by atoms with Gasteiger partial charge in [-0.05, 0) is 13.0 Å². The maximum atomic E-state index is 13.1. The van der Waals surface area contributed by atoms with Crippen molar-refractivity contribution in [2.24, 2.45) is 10.9 Å². The molecule has 12 nitrogen and oxygen atoms in total. The van der Waals surface area contributed by atoms with Crippen molar-refractivity contribution in [3.63, 3.8) is 0 Å². The number of halogens is 2. The zero-order valence-corrected chi connectivity index (χ0v) is 24.9. The number of nitrogens with one attached hydrogen (secondary N) is 1. The lowest BCUT2D eigenvalue weighted by molar-refractivity contribution is -0.151. The number of nitrogen functional groups attached to an aromatic ring is 1. The van der Waals surface area contributed by atoms with Gasteiger partial charge in [0, 0.05) is 46.3 Å². The van der Waals surface area contributed by atoms with Gasteiger partial charge in [-0.2, -0.15) is 0 Å². The first-order chi connectivity index (χ1) is 19.1. The number of thiazole rings is 1. The van der Waals surface area contributed by atoms with E-state index in [4.69, 9.17) is 27.9 Å². The summed E-state index contributed by atoms with van der Waals surface area (Å²) in [5.74, 6) is -1.53. The monoisotopic (exact) mass is 649 g/mol. The molecule has 0 aromatic carbocycles. The predicted molar refractivity (Wildman–Crippen MR) is 155 cm³/mol. The van der Waals surface area contributed by atoms with Gasteiger partial charge in [-0.3, -0.25) is 19.4 Å². The van der Waals surface area contributed by atoms with E-state index in [1.54, 1.807) is 18.5 Å². The van der Waals surface area contributed by atoms with Crippen molar-refractivity contribution in [2.45, 2.75) is 38.9 Å². The predicted octanol–water partition coefficient (Wildman–Crippen LogP) is 1.92. The Labute approximate surface area is 250 Å². The van der Waals surface area contributed by atoms with E-state index in [1.807, 2.05) is 6.92 Å². The molecule has 2 amide bonds. The normalized spacial score (nSPS) is 23.2. The lowest BCUT2D eigenvalue weighted by atomic mass is 10.0. The molecule has 2 aromatic rings. The van der Waals surface area contributed by atoms with Gasteiger partial charge >= 0.3 is 5.97 Å². The topological polar surface area (TPSA) is 186 Å². The molecule has 0 spiro atoms. The molecule has 6 N–H and O–H groups in total.